The molecule has 1 atom stereocenters. The van der Waals surface area contributed by atoms with Crippen molar-refractivity contribution in [2.75, 3.05) is 25.4 Å². The van der Waals surface area contributed by atoms with Crippen LogP contribution in [0.4, 0.5) is 0 Å². The number of hydrogen-bond donors (Lipinski definition) is 1. The highest BCUT2D eigenvalue weighted by Gasteiger charge is 2.20. The largest absolute Gasteiger partial charge is 0.452 e. The Morgan fingerprint density at radius 1 is 1.22 bits per heavy atom. The first kappa shape index (κ1) is 21.3. The lowest BCUT2D eigenvalue weighted by molar-refractivity contribution is -0.127. The Kier molecular flexibility index (Phi) is 8.64. The lowest BCUT2D eigenvalue weighted by Gasteiger charge is -2.15. The molecule has 148 valence electrons. The second-order valence-corrected chi connectivity index (χ2v) is 7.72. The standard InChI is InChI=1S/C20H28N2O4S/c1-3-8-15(2)21-18(23)13-26-20(25)16-9-4-5-10-17(16)27-14-19(24)22-11-6-7-12-22/h4-5,9-10,15H,3,6-8,11-14H2,1-2H3,(H,21,23)/t15-/m0/s1. The molecule has 0 aliphatic carbocycles. The molecule has 1 saturated heterocycles. The van der Waals surface area contributed by atoms with E-state index in [1.807, 2.05) is 24.8 Å². The average Bonchev–Trinajstić information content (AvgIpc) is 3.19. The zero-order chi connectivity index (χ0) is 19.6. The van der Waals surface area contributed by atoms with Crippen LogP contribution in [0.5, 0.6) is 0 Å². The van der Waals surface area contributed by atoms with Crippen LogP contribution in [0, 0.1) is 0 Å². The zero-order valence-electron chi connectivity index (χ0n) is 16.0. The molecule has 0 bridgehead atoms. The highest BCUT2D eigenvalue weighted by atomic mass is 32.2. The molecule has 1 fully saturated rings. The van der Waals surface area contributed by atoms with E-state index in [2.05, 4.69) is 5.32 Å². The normalized spacial score (nSPS) is 14.7. The van der Waals surface area contributed by atoms with Gasteiger partial charge in [0.25, 0.3) is 5.91 Å². The van der Waals surface area contributed by atoms with Gasteiger partial charge in [-0.2, -0.15) is 0 Å². The number of ether oxygens (including phenoxy) is 1. The Morgan fingerprint density at radius 3 is 2.63 bits per heavy atom. The first-order chi connectivity index (χ1) is 13.0. The average molecular weight is 393 g/mol. The second kappa shape index (κ2) is 11.0. The minimum Gasteiger partial charge on any atom is -0.452 e. The minimum atomic E-state index is -0.551. The second-order valence-electron chi connectivity index (χ2n) is 6.71. The van der Waals surface area contributed by atoms with Crippen molar-refractivity contribution in [3.8, 4) is 0 Å². The van der Waals surface area contributed by atoms with Gasteiger partial charge in [-0.15, -0.1) is 11.8 Å². The summed E-state index contributed by atoms with van der Waals surface area (Å²) >= 11 is 1.33. The van der Waals surface area contributed by atoms with Gasteiger partial charge in [-0.3, -0.25) is 9.59 Å². The molecule has 7 heteroatoms. The van der Waals surface area contributed by atoms with Crippen LogP contribution < -0.4 is 5.32 Å². The van der Waals surface area contributed by atoms with Crippen molar-refractivity contribution in [3.05, 3.63) is 29.8 Å². The molecule has 0 unspecified atom stereocenters. The van der Waals surface area contributed by atoms with E-state index < -0.39 is 5.97 Å². The number of amides is 2. The summed E-state index contributed by atoms with van der Waals surface area (Å²) in [7, 11) is 0. The molecule has 1 heterocycles. The lowest BCUT2D eigenvalue weighted by Crippen LogP contribution is -2.35. The number of rotatable bonds is 9. The molecule has 6 nitrogen and oxygen atoms in total. The van der Waals surface area contributed by atoms with E-state index in [0.717, 1.165) is 38.8 Å². The molecule has 0 saturated carbocycles. The third kappa shape index (κ3) is 6.90. The van der Waals surface area contributed by atoms with Crippen molar-refractivity contribution in [2.45, 2.75) is 50.5 Å². The molecule has 27 heavy (non-hydrogen) atoms. The van der Waals surface area contributed by atoms with Gasteiger partial charge in [-0.05, 0) is 38.3 Å². The predicted octanol–water partition coefficient (Wildman–Crippen LogP) is 2.86. The van der Waals surface area contributed by atoms with Gasteiger partial charge < -0.3 is 15.0 Å². The smallest absolute Gasteiger partial charge is 0.339 e. The topological polar surface area (TPSA) is 75.7 Å². The highest BCUT2D eigenvalue weighted by molar-refractivity contribution is 8.00. The summed E-state index contributed by atoms with van der Waals surface area (Å²) in [6.45, 7) is 5.29. The lowest BCUT2D eigenvalue weighted by atomic mass is 10.2. The fourth-order valence-electron chi connectivity index (χ4n) is 2.99. The van der Waals surface area contributed by atoms with Crippen LogP contribution in [0.25, 0.3) is 0 Å². The summed E-state index contributed by atoms with van der Waals surface area (Å²) in [5.41, 5.74) is 0.381. The van der Waals surface area contributed by atoms with Gasteiger partial charge in [0, 0.05) is 24.0 Å². The third-order valence-corrected chi connectivity index (χ3v) is 5.44. The Bertz CT molecular complexity index is 659. The summed E-state index contributed by atoms with van der Waals surface area (Å²) in [6.07, 6.45) is 3.96. The molecule has 2 rings (SSSR count). The number of thioether (sulfide) groups is 1. The van der Waals surface area contributed by atoms with Gasteiger partial charge in [-0.25, -0.2) is 4.79 Å². The first-order valence-corrected chi connectivity index (χ1v) is 10.5. The molecule has 0 aromatic heterocycles. The maximum Gasteiger partial charge on any atom is 0.339 e. The Morgan fingerprint density at radius 2 is 1.93 bits per heavy atom. The van der Waals surface area contributed by atoms with Crippen LogP contribution in [-0.2, 0) is 14.3 Å². The molecule has 1 aromatic rings. The molecule has 1 aromatic carbocycles. The fraction of sp³-hybridized carbons (Fsp3) is 0.550. The van der Waals surface area contributed by atoms with Gasteiger partial charge in [0.2, 0.25) is 5.91 Å². The Hall–Kier alpha value is -2.02. The van der Waals surface area contributed by atoms with Gasteiger partial charge in [0.15, 0.2) is 6.61 Å². The van der Waals surface area contributed by atoms with Crippen LogP contribution in [0.3, 0.4) is 0 Å². The SMILES string of the molecule is CCC[C@H](C)NC(=O)COC(=O)c1ccccc1SCC(=O)N1CCCC1. The van der Waals surface area contributed by atoms with E-state index in [1.165, 1.54) is 11.8 Å². The van der Waals surface area contributed by atoms with E-state index in [1.54, 1.807) is 18.2 Å². The van der Waals surface area contributed by atoms with E-state index in [9.17, 15) is 14.4 Å². The van der Waals surface area contributed by atoms with Crippen LogP contribution >= 0.6 is 11.8 Å². The molecule has 1 aliphatic heterocycles. The highest BCUT2D eigenvalue weighted by Crippen LogP contribution is 2.24. The van der Waals surface area contributed by atoms with E-state index in [0.29, 0.717) is 16.2 Å². The number of nitrogens with zero attached hydrogens (tertiary/aromatic N) is 1. The molecule has 1 N–H and O–H groups in total. The summed E-state index contributed by atoms with van der Waals surface area (Å²) in [4.78, 5) is 39.0. The molecule has 2 amide bonds. The monoisotopic (exact) mass is 392 g/mol. The summed E-state index contributed by atoms with van der Waals surface area (Å²) < 4.78 is 5.16. The number of nitrogens with one attached hydrogen (secondary N) is 1. The fourth-order valence-corrected chi connectivity index (χ4v) is 3.93. The van der Waals surface area contributed by atoms with Gasteiger partial charge in [0.1, 0.15) is 0 Å². The van der Waals surface area contributed by atoms with E-state index in [-0.39, 0.29) is 24.5 Å². The maximum atomic E-state index is 12.4. The van der Waals surface area contributed by atoms with Gasteiger partial charge in [0.05, 0.1) is 11.3 Å². The summed E-state index contributed by atoms with van der Waals surface area (Å²) in [6, 6.07) is 7.07. The van der Waals surface area contributed by atoms with Crippen LogP contribution in [0.15, 0.2) is 29.2 Å². The number of benzene rings is 1. The van der Waals surface area contributed by atoms with E-state index >= 15 is 0 Å². The van der Waals surface area contributed by atoms with Crippen molar-refractivity contribution in [1.29, 1.82) is 0 Å². The number of likely N-dealkylation sites (tertiary alicyclic amines) is 1. The molecule has 0 spiro atoms. The van der Waals surface area contributed by atoms with Gasteiger partial charge >= 0.3 is 5.97 Å². The van der Waals surface area contributed by atoms with Crippen molar-refractivity contribution < 1.29 is 19.1 Å². The molecular formula is C20H28N2O4S. The summed E-state index contributed by atoms with van der Waals surface area (Å²) in [5, 5.41) is 2.80. The van der Waals surface area contributed by atoms with Crippen molar-refractivity contribution in [2.24, 2.45) is 0 Å². The maximum absolute atomic E-state index is 12.4. The Balaban J connectivity index is 1.86. The zero-order valence-corrected chi connectivity index (χ0v) is 16.8. The molecular weight excluding hydrogens is 364 g/mol. The number of hydrogen-bond acceptors (Lipinski definition) is 5. The number of carbonyl (C=O) groups is 3. The number of carbonyl (C=O) groups excluding carboxylic acids is 3. The van der Waals surface area contributed by atoms with Crippen molar-refractivity contribution in [1.82, 2.24) is 10.2 Å². The molecule has 1 aliphatic rings. The third-order valence-electron chi connectivity index (χ3n) is 4.38. The first-order valence-electron chi connectivity index (χ1n) is 9.47. The number of esters is 1. The van der Waals surface area contributed by atoms with Crippen molar-refractivity contribution >= 4 is 29.5 Å². The Labute approximate surface area is 165 Å². The molecule has 0 radical (unpaired) electrons. The van der Waals surface area contributed by atoms with Crippen molar-refractivity contribution in [3.63, 3.8) is 0 Å². The van der Waals surface area contributed by atoms with Gasteiger partial charge in [-0.1, -0.05) is 25.5 Å². The van der Waals surface area contributed by atoms with Crippen LogP contribution in [0.2, 0.25) is 0 Å². The summed E-state index contributed by atoms with van der Waals surface area (Å²) in [5.74, 6) is -0.479. The quantitative estimate of drug-likeness (QED) is 0.517. The predicted molar refractivity (Wildman–Crippen MR) is 106 cm³/mol. The van der Waals surface area contributed by atoms with Crippen LogP contribution in [-0.4, -0.2) is 54.2 Å². The van der Waals surface area contributed by atoms with Crippen LogP contribution in [0.1, 0.15) is 49.9 Å². The van der Waals surface area contributed by atoms with E-state index in [4.69, 9.17) is 4.74 Å². The minimum absolute atomic E-state index is 0.0562.